The second kappa shape index (κ2) is 6.97. The third-order valence-corrected chi connectivity index (χ3v) is 4.86. The number of nitrogens with one attached hydrogen (secondary N) is 1. The minimum atomic E-state index is -1.13. The highest BCUT2D eigenvalue weighted by atomic mass is 16.5. The molecule has 29 heavy (non-hydrogen) atoms. The Morgan fingerprint density at radius 1 is 0.966 bits per heavy atom. The highest BCUT2D eigenvalue weighted by molar-refractivity contribution is 6.22. The number of rotatable bonds is 4. The van der Waals surface area contributed by atoms with Crippen LogP contribution >= 0.6 is 0 Å². The molecule has 2 heterocycles. The van der Waals surface area contributed by atoms with Crippen LogP contribution in [0.4, 0.5) is 0 Å². The number of para-hydroxylation sites is 1. The fraction of sp³-hybridized carbons (Fsp3) is 0.190. The van der Waals surface area contributed by atoms with Crippen molar-refractivity contribution in [2.24, 2.45) is 0 Å². The minimum absolute atomic E-state index is 0.177. The lowest BCUT2D eigenvalue weighted by Gasteiger charge is -2.22. The standard InChI is InChI=1S/C21H17N3O5/c1-11(24-19(26)13-7-3-4-8-14(13)20(24)27)21(28)29-12(2)17-22-16-10-6-5-9-15(16)18(25)23-17/h3-12H,1-2H3,(H,22,23,25)/t11-,12+/m0/s1. The zero-order valence-corrected chi connectivity index (χ0v) is 15.7. The number of amides is 2. The molecule has 1 aromatic heterocycles. The highest BCUT2D eigenvalue weighted by Crippen LogP contribution is 2.25. The molecule has 146 valence electrons. The molecule has 4 rings (SSSR count). The number of imide groups is 1. The average molecular weight is 391 g/mol. The number of hydrogen-bond acceptors (Lipinski definition) is 6. The van der Waals surface area contributed by atoms with Crippen LogP contribution in [0.2, 0.25) is 0 Å². The molecule has 1 aliphatic rings. The van der Waals surface area contributed by atoms with Gasteiger partial charge in [-0.2, -0.15) is 0 Å². The topological polar surface area (TPSA) is 109 Å². The lowest BCUT2D eigenvalue weighted by Crippen LogP contribution is -2.44. The molecule has 1 aliphatic heterocycles. The van der Waals surface area contributed by atoms with Crippen molar-refractivity contribution < 1.29 is 19.1 Å². The molecular weight excluding hydrogens is 374 g/mol. The van der Waals surface area contributed by atoms with E-state index in [9.17, 15) is 19.2 Å². The summed E-state index contributed by atoms with van der Waals surface area (Å²) in [6, 6.07) is 12.1. The molecule has 0 radical (unpaired) electrons. The summed E-state index contributed by atoms with van der Waals surface area (Å²) in [5.74, 6) is -1.68. The van der Waals surface area contributed by atoms with Crippen LogP contribution in [0.3, 0.4) is 0 Å². The largest absolute Gasteiger partial charge is 0.453 e. The maximum Gasteiger partial charge on any atom is 0.329 e. The zero-order chi connectivity index (χ0) is 20.7. The second-order valence-electron chi connectivity index (χ2n) is 6.75. The van der Waals surface area contributed by atoms with E-state index in [1.807, 2.05) is 0 Å². The van der Waals surface area contributed by atoms with Gasteiger partial charge >= 0.3 is 5.97 Å². The average Bonchev–Trinajstić information content (AvgIpc) is 2.98. The smallest absolute Gasteiger partial charge is 0.329 e. The van der Waals surface area contributed by atoms with Gasteiger partial charge in [-0.1, -0.05) is 24.3 Å². The van der Waals surface area contributed by atoms with E-state index in [0.29, 0.717) is 10.9 Å². The summed E-state index contributed by atoms with van der Waals surface area (Å²) in [7, 11) is 0. The number of ether oxygens (including phenoxy) is 1. The van der Waals surface area contributed by atoms with Gasteiger partial charge in [0.05, 0.1) is 22.0 Å². The Balaban J connectivity index is 1.55. The van der Waals surface area contributed by atoms with Crippen LogP contribution in [0.5, 0.6) is 0 Å². The van der Waals surface area contributed by atoms with E-state index in [1.54, 1.807) is 55.5 Å². The summed E-state index contributed by atoms with van der Waals surface area (Å²) in [6.45, 7) is 2.98. The first-order valence-electron chi connectivity index (χ1n) is 9.05. The molecule has 3 aromatic rings. The number of esters is 1. The SMILES string of the molecule is C[C@@H](OC(=O)[C@H](C)N1C(=O)c2ccccc2C1=O)c1nc2ccccc2c(=O)[nH]1. The summed E-state index contributed by atoms with van der Waals surface area (Å²) < 4.78 is 5.39. The van der Waals surface area contributed by atoms with Crippen LogP contribution in [0.1, 0.15) is 46.5 Å². The lowest BCUT2D eigenvalue weighted by atomic mass is 10.1. The number of carbonyl (C=O) groups excluding carboxylic acids is 3. The Labute approximate surface area is 165 Å². The monoisotopic (exact) mass is 391 g/mol. The van der Waals surface area contributed by atoms with Crippen molar-refractivity contribution in [3.8, 4) is 0 Å². The Hall–Kier alpha value is -3.81. The molecule has 0 spiro atoms. The number of H-pyrrole nitrogens is 1. The van der Waals surface area contributed by atoms with E-state index in [0.717, 1.165) is 4.90 Å². The number of benzene rings is 2. The molecule has 2 aromatic carbocycles. The Morgan fingerprint density at radius 2 is 1.55 bits per heavy atom. The van der Waals surface area contributed by atoms with Crippen LogP contribution in [-0.2, 0) is 9.53 Å². The number of aromatic nitrogens is 2. The van der Waals surface area contributed by atoms with E-state index in [-0.39, 0.29) is 22.5 Å². The van der Waals surface area contributed by atoms with Crippen molar-refractivity contribution >= 4 is 28.7 Å². The fourth-order valence-electron chi connectivity index (χ4n) is 3.29. The van der Waals surface area contributed by atoms with E-state index in [4.69, 9.17) is 4.74 Å². The molecule has 0 unspecified atom stereocenters. The Morgan fingerprint density at radius 3 is 2.21 bits per heavy atom. The molecule has 8 nitrogen and oxygen atoms in total. The van der Waals surface area contributed by atoms with Gasteiger partial charge in [-0.05, 0) is 38.1 Å². The zero-order valence-electron chi connectivity index (χ0n) is 15.7. The summed E-state index contributed by atoms with van der Waals surface area (Å²) >= 11 is 0. The first kappa shape index (κ1) is 18.5. The number of nitrogens with zero attached hydrogens (tertiary/aromatic N) is 2. The molecule has 0 fully saturated rings. The van der Waals surface area contributed by atoms with Crippen molar-refractivity contribution in [3.63, 3.8) is 0 Å². The summed E-state index contributed by atoms with van der Waals surface area (Å²) in [6.07, 6.45) is -0.877. The second-order valence-corrected chi connectivity index (χ2v) is 6.75. The van der Waals surface area contributed by atoms with Gasteiger partial charge in [0, 0.05) is 0 Å². The van der Waals surface area contributed by atoms with Crippen LogP contribution < -0.4 is 5.56 Å². The van der Waals surface area contributed by atoms with E-state index < -0.39 is 29.9 Å². The van der Waals surface area contributed by atoms with Crippen molar-refractivity contribution in [2.45, 2.75) is 26.0 Å². The maximum absolute atomic E-state index is 12.6. The molecule has 1 N–H and O–H groups in total. The predicted octanol–water partition coefficient (Wildman–Crippen LogP) is 2.21. The van der Waals surface area contributed by atoms with Crippen LogP contribution in [0.15, 0.2) is 53.3 Å². The van der Waals surface area contributed by atoms with Crippen LogP contribution in [0.25, 0.3) is 10.9 Å². The quantitative estimate of drug-likeness (QED) is 0.539. The molecule has 0 bridgehead atoms. The fourth-order valence-corrected chi connectivity index (χ4v) is 3.29. The minimum Gasteiger partial charge on any atom is -0.453 e. The number of hydrogen-bond donors (Lipinski definition) is 1. The Kier molecular flexibility index (Phi) is 4.46. The summed E-state index contributed by atoms with van der Waals surface area (Å²) in [5.41, 5.74) is 0.640. The first-order valence-corrected chi connectivity index (χ1v) is 9.05. The third-order valence-electron chi connectivity index (χ3n) is 4.86. The normalized spacial score (nSPS) is 15.3. The molecule has 2 amide bonds. The molecule has 2 atom stereocenters. The number of carbonyl (C=O) groups is 3. The lowest BCUT2D eigenvalue weighted by molar-refractivity contribution is -0.153. The summed E-state index contributed by atoms with van der Waals surface area (Å²) in [4.78, 5) is 57.7. The summed E-state index contributed by atoms with van der Waals surface area (Å²) in [5, 5.41) is 0.425. The maximum atomic E-state index is 12.6. The van der Waals surface area contributed by atoms with E-state index in [1.165, 1.54) is 6.92 Å². The molecule has 0 aliphatic carbocycles. The van der Waals surface area contributed by atoms with Crippen LogP contribution in [0, 0.1) is 0 Å². The molecule has 0 saturated carbocycles. The predicted molar refractivity (Wildman–Crippen MR) is 103 cm³/mol. The van der Waals surface area contributed by atoms with Crippen molar-refractivity contribution in [1.29, 1.82) is 0 Å². The van der Waals surface area contributed by atoms with Gasteiger partial charge in [0.25, 0.3) is 17.4 Å². The molecular formula is C21H17N3O5. The van der Waals surface area contributed by atoms with E-state index in [2.05, 4.69) is 9.97 Å². The van der Waals surface area contributed by atoms with Crippen molar-refractivity contribution in [3.05, 3.63) is 75.8 Å². The number of fused-ring (bicyclic) bond motifs is 2. The van der Waals surface area contributed by atoms with Gasteiger partial charge in [0.15, 0.2) is 11.9 Å². The molecule has 8 heteroatoms. The Bertz CT molecular complexity index is 1180. The van der Waals surface area contributed by atoms with Gasteiger partial charge < -0.3 is 9.72 Å². The van der Waals surface area contributed by atoms with Crippen molar-refractivity contribution in [2.75, 3.05) is 0 Å². The van der Waals surface area contributed by atoms with Gasteiger partial charge in [-0.25, -0.2) is 9.78 Å². The number of aromatic amines is 1. The first-order chi connectivity index (χ1) is 13.9. The van der Waals surface area contributed by atoms with Crippen molar-refractivity contribution in [1.82, 2.24) is 14.9 Å². The van der Waals surface area contributed by atoms with Gasteiger partial charge in [0.1, 0.15) is 6.04 Å². The van der Waals surface area contributed by atoms with Crippen LogP contribution in [-0.4, -0.2) is 38.7 Å². The van der Waals surface area contributed by atoms with Gasteiger partial charge in [-0.3, -0.25) is 19.3 Å². The molecule has 0 saturated heterocycles. The van der Waals surface area contributed by atoms with Gasteiger partial charge in [0.2, 0.25) is 0 Å². The van der Waals surface area contributed by atoms with Gasteiger partial charge in [-0.15, -0.1) is 0 Å². The highest BCUT2D eigenvalue weighted by Gasteiger charge is 2.41. The van der Waals surface area contributed by atoms with E-state index >= 15 is 0 Å². The third kappa shape index (κ3) is 3.08.